The number of hydrogen-bond donors (Lipinski definition) is 15. The fourth-order valence-electron chi connectivity index (χ4n) is 8.00. The van der Waals surface area contributed by atoms with Gasteiger partial charge in [0.2, 0.25) is 41.4 Å². The highest BCUT2D eigenvalue weighted by Crippen LogP contribution is 2.25. The van der Waals surface area contributed by atoms with Crippen LogP contribution in [0.5, 0.6) is 0 Å². The zero-order valence-electron chi connectivity index (χ0n) is 47.6. The average molecular weight is 1100 g/mol. The van der Waals surface area contributed by atoms with Crippen LogP contribution in [0.4, 0.5) is 0 Å². The third kappa shape index (κ3) is 36.6. The molecule has 0 aromatic heterocycles. The van der Waals surface area contributed by atoms with Gasteiger partial charge >= 0.3 is 0 Å². The van der Waals surface area contributed by atoms with E-state index in [0.717, 1.165) is 38.5 Å². The Bertz CT molecular complexity index is 1600. The van der Waals surface area contributed by atoms with Crippen LogP contribution in [0.2, 0.25) is 0 Å². The lowest BCUT2D eigenvalue weighted by Crippen LogP contribution is -2.56. The van der Waals surface area contributed by atoms with Gasteiger partial charge in [0.15, 0.2) is 0 Å². The molecule has 0 bridgehead atoms. The number of rotatable bonds is 51. The molecule has 0 fully saturated rings. The number of ether oxygens (including phenoxy) is 2. The van der Waals surface area contributed by atoms with Crippen molar-refractivity contribution >= 4 is 41.4 Å². The number of nitrogens with one attached hydrogen (secondary N) is 7. The molecule has 7 amide bonds. The van der Waals surface area contributed by atoms with Crippen LogP contribution >= 0.6 is 0 Å². The van der Waals surface area contributed by atoms with E-state index in [1.54, 1.807) is 0 Å². The van der Waals surface area contributed by atoms with Gasteiger partial charge in [-0.2, -0.15) is 0 Å². The SMILES string of the molecule is CCC(C)(CC)COCCOCCNC(=O)C(CCCCNC(=O)C(CCCCNC(=O)C(N)CCCCN)NC(=O)C(N)CCCCN)NC(=O)C(CCCCNC(=O)C(N)CCCCN)NC(=O)C(N)CCCCN. The zero-order valence-corrected chi connectivity index (χ0v) is 47.6. The molecule has 0 aliphatic carbocycles. The summed E-state index contributed by atoms with van der Waals surface area (Å²) in [4.78, 5) is 93.0. The summed E-state index contributed by atoms with van der Waals surface area (Å²) in [5, 5.41) is 19.9. The molecule has 0 aliphatic heterocycles. The molecule has 0 heterocycles. The van der Waals surface area contributed by atoms with Crippen molar-refractivity contribution in [3.05, 3.63) is 0 Å². The maximum atomic E-state index is 14.1. The number of carbonyl (C=O) groups is 7. The monoisotopic (exact) mass is 1100 g/mol. The Morgan fingerprint density at radius 3 is 1.03 bits per heavy atom. The fraction of sp³-hybridized carbons (Fsp3) is 0.868. The highest BCUT2D eigenvalue weighted by Gasteiger charge is 2.29. The zero-order chi connectivity index (χ0) is 57.7. The van der Waals surface area contributed by atoms with E-state index in [0.29, 0.717) is 149 Å². The first-order chi connectivity index (χ1) is 36.9. The first-order valence-corrected chi connectivity index (χ1v) is 28.9. The predicted octanol–water partition coefficient (Wildman–Crippen LogP) is -0.899. The normalized spacial score (nSPS) is 14.3. The molecule has 0 aliphatic rings. The molecular formula is C53H109N15O9. The Labute approximate surface area is 461 Å². The van der Waals surface area contributed by atoms with Gasteiger partial charge < -0.3 is 92.6 Å². The second-order valence-corrected chi connectivity index (χ2v) is 20.6. The molecule has 23 N–H and O–H groups in total. The Balaban J connectivity index is 6.02. The fourth-order valence-corrected chi connectivity index (χ4v) is 8.00. The summed E-state index contributed by atoms with van der Waals surface area (Å²) in [6.07, 6.45) is 12.9. The minimum Gasteiger partial charge on any atom is -0.378 e. The molecule has 450 valence electrons. The third-order valence-corrected chi connectivity index (χ3v) is 13.9. The Morgan fingerprint density at radius 2 is 0.662 bits per heavy atom. The van der Waals surface area contributed by atoms with Gasteiger partial charge in [0.1, 0.15) is 18.1 Å². The lowest BCUT2D eigenvalue weighted by Gasteiger charge is -2.26. The topological polar surface area (TPSA) is 430 Å². The van der Waals surface area contributed by atoms with Crippen LogP contribution in [-0.4, -0.2) is 162 Å². The Morgan fingerprint density at radius 1 is 0.364 bits per heavy atom. The predicted molar refractivity (Wildman–Crippen MR) is 303 cm³/mol. The number of hydrogen-bond acceptors (Lipinski definition) is 17. The molecule has 24 heteroatoms. The quantitative estimate of drug-likeness (QED) is 0.0328. The first kappa shape index (κ1) is 72.9. The number of amides is 7. The summed E-state index contributed by atoms with van der Waals surface area (Å²) in [6, 6.07) is -6.02. The van der Waals surface area contributed by atoms with E-state index in [-0.39, 0.29) is 56.2 Å². The number of nitrogens with two attached hydrogens (primary N) is 8. The summed E-state index contributed by atoms with van der Waals surface area (Å²) in [6.45, 7) is 11.0. The molecule has 7 unspecified atom stereocenters. The lowest BCUT2D eigenvalue weighted by atomic mass is 9.86. The van der Waals surface area contributed by atoms with E-state index in [9.17, 15) is 33.6 Å². The summed E-state index contributed by atoms with van der Waals surface area (Å²) >= 11 is 0. The summed E-state index contributed by atoms with van der Waals surface area (Å²) < 4.78 is 11.6. The Kier molecular flexibility index (Phi) is 44.3. The van der Waals surface area contributed by atoms with Crippen LogP contribution in [0.3, 0.4) is 0 Å². The van der Waals surface area contributed by atoms with Crippen LogP contribution < -0.4 is 83.1 Å². The van der Waals surface area contributed by atoms with Crippen molar-refractivity contribution in [2.75, 3.05) is 78.8 Å². The summed E-state index contributed by atoms with van der Waals surface area (Å²) in [5.74, 6) is -2.98. The molecule has 0 aromatic rings. The second-order valence-electron chi connectivity index (χ2n) is 20.6. The largest absolute Gasteiger partial charge is 0.378 e. The van der Waals surface area contributed by atoms with Gasteiger partial charge in [-0.15, -0.1) is 0 Å². The van der Waals surface area contributed by atoms with E-state index in [4.69, 9.17) is 55.3 Å². The van der Waals surface area contributed by atoms with Crippen LogP contribution in [0.1, 0.15) is 168 Å². The molecule has 0 aromatic carbocycles. The summed E-state index contributed by atoms with van der Waals surface area (Å²) in [5.41, 5.74) is 46.9. The molecule has 0 saturated carbocycles. The smallest absolute Gasteiger partial charge is 0.243 e. The highest BCUT2D eigenvalue weighted by atomic mass is 16.5. The van der Waals surface area contributed by atoms with E-state index >= 15 is 0 Å². The van der Waals surface area contributed by atoms with Gasteiger partial charge in [-0.05, 0) is 154 Å². The highest BCUT2D eigenvalue weighted by molar-refractivity contribution is 5.93. The maximum absolute atomic E-state index is 14.1. The molecule has 0 saturated heterocycles. The van der Waals surface area contributed by atoms with Gasteiger partial charge in [0.25, 0.3) is 0 Å². The van der Waals surface area contributed by atoms with Crippen LogP contribution in [0.25, 0.3) is 0 Å². The number of carbonyl (C=O) groups excluding carboxylic acids is 7. The standard InChI is InChI=1S/C53H109N15O9/c1-4-53(3,5-2)38-77-37-36-76-35-34-65-51(74)44(68-52(75)45(67-49(72)42(61)23-9-16-30-57)26-12-18-32-63-47(70)40(59)21-7-14-28-55)25-11-19-33-64-50(73)43(66-48(71)41(60)22-8-15-29-56)24-10-17-31-62-46(69)39(58)20-6-13-27-54/h39-45H,4-38,54-61H2,1-3H3,(H,62,69)(H,63,70)(H,64,73)(H,65,74)(H,66,71)(H,67,72)(H,68,75). The third-order valence-electron chi connectivity index (χ3n) is 13.9. The van der Waals surface area contributed by atoms with Crippen molar-refractivity contribution in [1.82, 2.24) is 37.2 Å². The van der Waals surface area contributed by atoms with Crippen molar-refractivity contribution < 1.29 is 43.0 Å². The molecule has 0 rings (SSSR count). The van der Waals surface area contributed by atoms with E-state index < -0.39 is 71.8 Å². The molecular weight excluding hydrogens is 991 g/mol. The van der Waals surface area contributed by atoms with Crippen LogP contribution in [0, 0.1) is 5.41 Å². The van der Waals surface area contributed by atoms with Gasteiger partial charge in [-0.1, -0.05) is 46.5 Å². The second kappa shape index (κ2) is 46.8. The van der Waals surface area contributed by atoms with E-state index in [1.807, 2.05) is 0 Å². The molecule has 0 radical (unpaired) electrons. The van der Waals surface area contributed by atoms with Gasteiger partial charge in [0.05, 0.1) is 50.6 Å². The molecule has 77 heavy (non-hydrogen) atoms. The van der Waals surface area contributed by atoms with Crippen molar-refractivity contribution in [2.24, 2.45) is 51.3 Å². The van der Waals surface area contributed by atoms with Crippen LogP contribution in [0.15, 0.2) is 0 Å². The molecule has 7 atom stereocenters. The van der Waals surface area contributed by atoms with Crippen LogP contribution in [-0.2, 0) is 43.0 Å². The lowest BCUT2D eigenvalue weighted by molar-refractivity contribution is -0.132. The van der Waals surface area contributed by atoms with E-state index in [2.05, 4.69) is 58.0 Å². The van der Waals surface area contributed by atoms with Crippen molar-refractivity contribution in [2.45, 2.75) is 211 Å². The molecule has 24 nitrogen and oxygen atoms in total. The van der Waals surface area contributed by atoms with Gasteiger partial charge in [-0.3, -0.25) is 33.6 Å². The first-order valence-electron chi connectivity index (χ1n) is 28.9. The van der Waals surface area contributed by atoms with E-state index in [1.165, 1.54) is 0 Å². The average Bonchev–Trinajstić information content (AvgIpc) is 3.41. The Hall–Kier alpha value is -4.11. The minimum absolute atomic E-state index is 0.0928. The van der Waals surface area contributed by atoms with Gasteiger partial charge in [-0.25, -0.2) is 0 Å². The van der Waals surface area contributed by atoms with Crippen molar-refractivity contribution in [3.63, 3.8) is 0 Å². The molecule has 0 spiro atoms. The van der Waals surface area contributed by atoms with Crippen molar-refractivity contribution in [3.8, 4) is 0 Å². The van der Waals surface area contributed by atoms with Crippen molar-refractivity contribution in [1.29, 1.82) is 0 Å². The minimum atomic E-state index is -1.06. The maximum Gasteiger partial charge on any atom is 0.243 e. The number of unbranched alkanes of at least 4 members (excludes halogenated alkanes) is 7. The summed E-state index contributed by atoms with van der Waals surface area (Å²) in [7, 11) is 0. The van der Waals surface area contributed by atoms with Gasteiger partial charge in [0, 0.05) is 26.2 Å².